The first kappa shape index (κ1) is 106. The van der Waals surface area contributed by atoms with Crippen molar-refractivity contribution < 1.29 is 83.4 Å². The van der Waals surface area contributed by atoms with Crippen LogP contribution < -0.4 is 11.5 Å². The number of amidine groups is 2. The highest BCUT2D eigenvalue weighted by Gasteiger charge is 2.56. The van der Waals surface area contributed by atoms with Gasteiger partial charge in [-0.2, -0.15) is 0 Å². The molecule has 138 heavy (non-hydrogen) atoms. The highest BCUT2D eigenvalue weighted by atomic mass is 79.9. The molecule has 8 aromatic rings. The highest BCUT2D eigenvalue weighted by Crippen LogP contribution is 2.54. The lowest BCUT2D eigenvalue weighted by Crippen LogP contribution is -2.40. The van der Waals surface area contributed by atoms with E-state index in [0.717, 1.165) is 71.4 Å². The number of aliphatic imine (C=N–C) groups is 6. The first-order valence-electron chi connectivity index (χ1n) is 44.4. The number of nitrogens with two attached hydrogens (primary N) is 2. The fourth-order valence-electron chi connectivity index (χ4n) is 18.4. The molecular weight excluding hydrogens is 2290 g/mol. The second-order valence-corrected chi connectivity index (χ2v) is 48.8. The molecule has 732 valence electrons. The Hall–Kier alpha value is -6.02. The predicted octanol–water partition coefficient (Wildman–Crippen LogP) is 23.3. The lowest BCUT2D eigenvalue weighted by atomic mass is 9.81. The molecule has 12 atom stereocenters. The van der Waals surface area contributed by atoms with Gasteiger partial charge >= 0.3 is 11.9 Å². The van der Waals surface area contributed by atoms with E-state index in [4.69, 9.17) is 69.3 Å². The molecule has 20 nitrogen and oxygen atoms in total. The Morgan fingerprint density at radius 3 is 0.739 bits per heavy atom. The third-order valence-electron chi connectivity index (χ3n) is 25.1. The van der Waals surface area contributed by atoms with Crippen molar-refractivity contribution in [2.75, 3.05) is 114 Å². The molecule has 0 bridgehead atoms. The molecule has 0 amide bonds. The zero-order valence-electron chi connectivity index (χ0n) is 75.9. The molecule has 0 aromatic heterocycles. The third kappa shape index (κ3) is 24.7. The summed E-state index contributed by atoms with van der Waals surface area (Å²) in [7, 11) is 0. The van der Waals surface area contributed by atoms with E-state index in [2.05, 4.69) is 106 Å². The van der Waals surface area contributed by atoms with Crippen molar-refractivity contribution in [1.29, 1.82) is 0 Å². The van der Waals surface area contributed by atoms with E-state index < -0.39 is 44.4 Å². The van der Waals surface area contributed by atoms with Crippen LogP contribution in [0.2, 0.25) is 0 Å². The van der Waals surface area contributed by atoms with Crippen molar-refractivity contribution in [2.24, 2.45) is 76.9 Å². The van der Waals surface area contributed by atoms with Crippen LogP contribution in [0.4, 0.5) is 26.3 Å². The Balaban J connectivity index is 0.000000126. The number of hydrogen-bond donors (Lipinski definition) is 2. The van der Waals surface area contributed by atoms with Crippen LogP contribution in [0, 0.1) is 70.4 Å². The van der Waals surface area contributed by atoms with E-state index in [0.29, 0.717) is 144 Å². The number of halogens is 12. The monoisotopic (exact) mass is 2380 g/mol. The zero-order chi connectivity index (χ0) is 98.3. The molecule has 12 aliphatic heterocycles. The van der Waals surface area contributed by atoms with Gasteiger partial charge in [0.15, 0.2) is 21.9 Å². The van der Waals surface area contributed by atoms with E-state index >= 15 is 0 Å². The van der Waals surface area contributed by atoms with Gasteiger partial charge in [0.1, 0.15) is 79.3 Å². The molecule has 0 aliphatic carbocycles. The van der Waals surface area contributed by atoms with Crippen LogP contribution >= 0.6 is 166 Å². The van der Waals surface area contributed by atoms with Crippen LogP contribution in [0.3, 0.4) is 0 Å². The number of Topliss-reactive ketones (excluding diaryl/α,β-unsaturated/α-hetero) is 2. The van der Waals surface area contributed by atoms with E-state index in [-0.39, 0.29) is 120 Å². The summed E-state index contributed by atoms with van der Waals surface area (Å²) in [4.78, 5) is 77.9. The number of ether oxygens (including phenoxy) is 8. The molecule has 6 saturated heterocycles. The van der Waals surface area contributed by atoms with Gasteiger partial charge in [0.05, 0.1) is 125 Å². The fraction of sp³-hybridized carbons (Fsp3) is 0.420. The molecule has 6 fully saturated rings. The Morgan fingerprint density at radius 1 is 0.319 bits per heavy atom. The summed E-state index contributed by atoms with van der Waals surface area (Å²) in [5, 5.41) is 3.87. The van der Waals surface area contributed by atoms with Gasteiger partial charge in [0.25, 0.3) is 0 Å². The Labute approximate surface area is 873 Å². The highest BCUT2D eigenvalue weighted by molar-refractivity contribution is 9.11. The summed E-state index contributed by atoms with van der Waals surface area (Å²) < 4.78 is 136. The van der Waals surface area contributed by atoms with Crippen LogP contribution in [0.1, 0.15) is 121 Å². The van der Waals surface area contributed by atoms with Crippen LogP contribution in [0.25, 0.3) is 0 Å². The quantitative estimate of drug-likeness (QED) is 0.0517. The van der Waals surface area contributed by atoms with Crippen molar-refractivity contribution in [3.63, 3.8) is 0 Å². The molecule has 12 aliphatic rings. The topological polar surface area (TPSA) is 268 Å². The standard InChI is InChI=1S/2C20H17BrFNO2S.2C18H21BrFNO3S.2C12H12BrFN2OS/c2*21-15-6-7-17(22)16(8-15)20-12-25-10-14(20)11-26-19(23-20)9-18(24)13-4-2-1-3-5-13;2*1-17(2,3)24-16(22)7-15-21-18(10-23-8-11(18)9-25-15)13-6-12(19)4-5-14(13)20;2*13-8-1-2-10(14)9(3-8)12-6-17-4-7(12)5-18-11(15)16-12/h2*1-8,14H,9-12H2;2*4-6,11H,7-10H2,1-3H3;2*1-3,7H,4-6H2,(H2,15,16)/t2*14-,20-;2*11-,18-;2*7-,12-/m101010/s1. The largest absolute Gasteiger partial charge is 0.460 e. The number of fused-ring (bicyclic) bond motifs is 6. The SMILES string of the molecule is CC(C)(C)OC(=O)CC1=N[C@@]2(c3cc(Br)ccc3F)COC[C@H]2CS1.CC(C)(C)OC(=O)CC1=N[C@]2(c3cc(Br)ccc3F)COC[C@@H]2CS1.NC1=N[C@@]2(c3cc(Br)ccc3F)COC[C@H]2CS1.NC1=N[C@]2(c3cc(Br)ccc3F)COC[C@@H]2CS1.O=C(CC1=N[C@@]2(c3cc(Br)ccc3F)COC[C@H]2CS1)c1ccccc1.O=C(CC1=N[C@]2(c3cc(Br)ccc3F)COC[C@@H]2CS1)c1ccccc1. The number of esters is 2. The number of carbonyl (C=O) groups excluding carboxylic acids is 4. The van der Waals surface area contributed by atoms with Crippen molar-refractivity contribution >= 4 is 220 Å². The summed E-state index contributed by atoms with van der Waals surface area (Å²) in [6.07, 6.45) is 0.676. The summed E-state index contributed by atoms with van der Waals surface area (Å²) >= 11 is 29.7. The molecule has 0 unspecified atom stereocenters. The van der Waals surface area contributed by atoms with Gasteiger partial charge in [-0.05, 0) is 151 Å². The second-order valence-electron chi connectivity index (χ2n) is 36.8. The zero-order valence-corrected chi connectivity index (χ0v) is 90.3. The number of rotatable bonds is 16. The molecule has 4 N–H and O–H groups in total. The van der Waals surface area contributed by atoms with Gasteiger partial charge in [-0.1, -0.05) is 180 Å². The molecular formula is C100H100Br6F6N8O12S6. The maximum atomic E-state index is 14.6. The van der Waals surface area contributed by atoms with Crippen molar-refractivity contribution in [3.8, 4) is 0 Å². The number of carbonyl (C=O) groups is 4. The lowest BCUT2D eigenvalue weighted by Gasteiger charge is -2.35. The summed E-state index contributed by atoms with van der Waals surface area (Å²) in [6.45, 7) is 16.5. The van der Waals surface area contributed by atoms with Crippen LogP contribution in [0.15, 0.2) is 227 Å². The minimum Gasteiger partial charge on any atom is -0.460 e. The number of hydrogen-bond acceptors (Lipinski definition) is 26. The van der Waals surface area contributed by atoms with Crippen molar-refractivity contribution in [2.45, 2.75) is 112 Å². The number of benzene rings is 8. The van der Waals surface area contributed by atoms with E-state index in [1.807, 2.05) is 102 Å². The molecule has 20 rings (SSSR count). The van der Waals surface area contributed by atoms with Gasteiger partial charge in [0.2, 0.25) is 0 Å². The Kier molecular flexibility index (Phi) is 35.2. The molecule has 12 heterocycles. The van der Waals surface area contributed by atoms with Gasteiger partial charge in [-0.15, -0.1) is 47.0 Å². The van der Waals surface area contributed by atoms with Gasteiger partial charge < -0.3 is 49.4 Å². The number of nitrogens with zero attached hydrogens (tertiary/aromatic N) is 6. The minimum absolute atomic E-state index is 0.0269. The second kappa shape index (κ2) is 45.7. The van der Waals surface area contributed by atoms with Crippen LogP contribution in [-0.2, 0) is 80.7 Å². The molecule has 8 aromatic carbocycles. The lowest BCUT2D eigenvalue weighted by molar-refractivity contribution is -0.154. The average Bonchev–Trinajstić information content (AvgIpc) is 1.62. The molecule has 0 spiro atoms. The van der Waals surface area contributed by atoms with Crippen molar-refractivity contribution in [1.82, 2.24) is 0 Å². The maximum absolute atomic E-state index is 14.6. The minimum atomic E-state index is -0.767. The van der Waals surface area contributed by atoms with Gasteiger partial charge in [-0.3, -0.25) is 39.1 Å². The van der Waals surface area contributed by atoms with Crippen LogP contribution in [-0.4, -0.2) is 179 Å². The number of ketones is 2. The first-order valence-corrected chi connectivity index (χ1v) is 55.1. The van der Waals surface area contributed by atoms with Gasteiger partial charge in [-0.25, -0.2) is 36.3 Å². The normalized spacial score (nSPS) is 26.9. The molecule has 38 heteroatoms. The Morgan fingerprint density at radius 2 is 0.522 bits per heavy atom. The fourth-order valence-corrected chi connectivity index (χ4v) is 27.4. The Bertz CT molecular complexity index is 5720. The maximum Gasteiger partial charge on any atom is 0.312 e. The van der Waals surface area contributed by atoms with E-state index in [1.54, 1.807) is 96.3 Å². The number of thioether (sulfide) groups is 6. The molecule has 0 saturated carbocycles. The van der Waals surface area contributed by atoms with E-state index in [1.165, 1.54) is 83.4 Å². The van der Waals surface area contributed by atoms with Gasteiger partial charge in [0, 0.05) is 141 Å². The van der Waals surface area contributed by atoms with E-state index in [9.17, 15) is 45.5 Å². The third-order valence-corrected chi connectivity index (χ3v) is 34.5. The van der Waals surface area contributed by atoms with Crippen molar-refractivity contribution in [3.05, 3.63) is 276 Å². The predicted molar refractivity (Wildman–Crippen MR) is 560 cm³/mol. The first-order chi connectivity index (χ1) is 65.8. The summed E-state index contributed by atoms with van der Waals surface area (Å²) in [6, 6.07) is 47.8. The summed E-state index contributed by atoms with van der Waals surface area (Å²) in [5.74, 6) is 3.15. The smallest absolute Gasteiger partial charge is 0.312 e. The van der Waals surface area contributed by atoms with Crippen LogP contribution in [0.5, 0.6) is 0 Å². The summed E-state index contributed by atoms with van der Waals surface area (Å²) in [5.41, 5.74) is 10.9. The average molecular weight is 2390 g/mol. The molecule has 0 radical (unpaired) electrons.